The summed E-state index contributed by atoms with van der Waals surface area (Å²) in [6.45, 7) is 0. The Morgan fingerprint density at radius 3 is 2.10 bits per heavy atom. The molecule has 0 heterocycles. The fourth-order valence-electron chi connectivity index (χ4n) is 3.03. The lowest BCUT2D eigenvalue weighted by atomic mass is 9.83. The quantitative estimate of drug-likeness (QED) is 0.429. The molecule has 2 aromatic rings. The van der Waals surface area contributed by atoms with E-state index in [4.69, 9.17) is 0 Å². The first kappa shape index (κ1) is 14.6. The molecule has 0 aliphatic heterocycles. The van der Waals surface area contributed by atoms with Crippen molar-refractivity contribution >= 4 is 28.6 Å². The molecule has 0 amide bonds. The van der Waals surface area contributed by atoms with Gasteiger partial charge in [0.15, 0.2) is 0 Å². The third-order valence-electron chi connectivity index (χ3n) is 4.25. The van der Waals surface area contributed by atoms with Crippen LogP contribution in [0.25, 0.3) is 11.1 Å². The van der Waals surface area contributed by atoms with Crippen molar-refractivity contribution in [3.05, 3.63) is 60.2 Å². The van der Waals surface area contributed by atoms with Gasteiger partial charge >= 0.3 is 0 Å². The van der Waals surface area contributed by atoms with E-state index >= 15 is 0 Å². The molecule has 2 aromatic carbocycles. The van der Waals surface area contributed by atoms with Crippen LogP contribution < -0.4 is 3.64 Å². The summed E-state index contributed by atoms with van der Waals surface area (Å²) in [7, 11) is 0. The van der Waals surface area contributed by atoms with Crippen molar-refractivity contribution < 1.29 is 0 Å². The highest BCUT2D eigenvalue weighted by Crippen LogP contribution is 2.32. The number of hydrogen-bond donors (Lipinski definition) is 1. The van der Waals surface area contributed by atoms with Crippen LogP contribution in [0.1, 0.15) is 37.2 Å². The van der Waals surface area contributed by atoms with E-state index in [1.807, 2.05) is 0 Å². The van der Waals surface area contributed by atoms with E-state index in [1.54, 1.807) is 0 Å². The fourth-order valence-corrected chi connectivity index (χ4v) is 3.38. The van der Waals surface area contributed by atoms with E-state index in [9.17, 15) is 0 Å². The Hall–Kier alpha value is -1.36. The molecule has 1 aliphatic carbocycles. The van der Waals surface area contributed by atoms with E-state index < -0.39 is 0 Å². The standard InChI is InChI=1S/C18H19IN2/c19-21-20-18-12-10-17(11-13-18)16-8-6-15(7-9-16)14-4-2-1-3-5-14/h1-9,17,21H,10-13H2. The van der Waals surface area contributed by atoms with Crippen LogP contribution in [0.5, 0.6) is 0 Å². The molecular weight excluding hydrogens is 371 g/mol. The number of hydrogen-bond acceptors (Lipinski definition) is 2. The number of benzene rings is 2. The molecule has 0 spiro atoms. The maximum absolute atomic E-state index is 4.32. The molecule has 1 aliphatic rings. The Morgan fingerprint density at radius 2 is 1.48 bits per heavy atom. The fraction of sp³-hybridized carbons (Fsp3) is 0.278. The Labute approximate surface area is 140 Å². The second-order valence-electron chi connectivity index (χ2n) is 5.52. The SMILES string of the molecule is INN=C1CCC(c2ccc(-c3ccccc3)cc2)CC1. The first-order chi connectivity index (χ1) is 10.4. The first-order valence-electron chi connectivity index (χ1n) is 7.43. The highest BCUT2D eigenvalue weighted by molar-refractivity contribution is 14.1. The van der Waals surface area contributed by atoms with Crippen LogP contribution in [-0.2, 0) is 0 Å². The normalized spacial score (nSPS) is 18.3. The van der Waals surface area contributed by atoms with Crippen LogP contribution in [0.15, 0.2) is 59.7 Å². The van der Waals surface area contributed by atoms with Crippen molar-refractivity contribution in [2.24, 2.45) is 5.10 Å². The highest BCUT2D eigenvalue weighted by atomic mass is 127. The molecule has 0 atom stereocenters. The van der Waals surface area contributed by atoms with Crippen LogP contribution >= 0.6 is 22.9 Å². The van der Waals surface area contributed by atoms with Crippen molar-refractivity contribution in [2.75, 3.05) is 0 Å². The molecule has 0 radical (unpaired) electrons. The van der Waals surface area contributed by atoms with Crippen molar-refractivity contribution in [1.29, 1.82) is 0 Å². The number of rotatable bonds is 3. The van der Waals surface area contributed by atoms with Gasteiger partial charge in [-0.3, -0.25) is 0 Å². The number of hydrazone groups is 1. The minimum Gasteiger partial charge on any atom is -0.250 e. The van der Waals surface area contributed by atoms with Crippen LogP contribution in [0.4, 0.5) is 0 Å². The van der Waals surface area contributed by atoms with Gasteiger partial charge in [-0.25, -0.2) is 3.64 Å². The van der Waals surface area contributed by atoms with Gasteiger partial charge in [-0.2, -0.15) is 5.10 Å². The third kappa shape index (κ3) is 3.64. The zero-order chi connectivity index (χ0) is 14.5. The maximum Gasteiger partial charge on any atom is 0.0750 e. The maximum atomic E-state index is 4.32. The number of nitrogens with zero attached hydrogens (tertiary/aromatic N) is 1. The topological polar surface area (TPSA) is 24.4 Å². The van der Waals surface area contributed by atoms with Gasteiger partial charge in [-0.15, -0.1) is 0 Å². The monoisotopic (exact) mass is 390 g/mol. The Bertz CT molecular complexity index is 595. The molecule has 0 unspecified atom stereocenters. The summed E-state index contributed by atoms with van der Waals surface area (Å²) < 4.78 is 2.88. The van der Waals surface area contributed by atoms with Crippen molar-refractivity contribution in [3.8, 4) is 11.1 Å². The largest absolute Gasteiger partial charge is 0.250 e. The zero-order valence-corrected chi connectivity index (χ0v) is 14.1. The van der Waals surface area contributed by atoms with Gasteiger partial charge in [-0.05, 0) is 48.3 Å². The molecular formula is C18H19IN2. The predicted octanol–water partition coefficient (Wildman–Crippen LogP) is 5.31. The van der Waals surface area contributed by atoms with Crippen molar-refractivity contribution in [3.63, 3.8) is 0 Å². The van der Waals surface area contributed by atoms with Gasteiger partial charge in [0.2, 0.25) is 0 Å². The lowest BCUT2D eigenvalue weighted by Gasteiger charge is -2.23. The van der Waals surface area contributed by atoms with Crippen molar-refractivity contribution in [1.82, 2.24) is 3.64 Å². The van der Waals surface area contributed by atoms with Gasteiger partial charge < -0.3 is 0 Å². The van der Waals surface area contributed by atoms with Crippen molar-refractivity contribution in [2.45, 2.75) is 31.6 Å². The van der Waals surface area contributed by atoms with E-state index in [1.165, 1.54) is 35.2 Å². The molecule has 0 saturated heterocycles. The highest BCUT2D eigenvalue weighted by Gasteiger charge is 2.19. The molecule has 1 fully saturated rings. The molecule has 2 nitrogen and oxygen atoms in total. The minimum atomic E-state index is 0.683. The van der Waals surface area contributed by atoms with E-state index in [0.29, 0.717) is 5.92 Å². The molecule has 3 heteroatoms. The minimum absolute atomic E-state index is 0.683. The summed E-state index contributed by atoms with van der Waals surface area (Å²) in [5.41, 5.74) is 5.36. The second-order valence-corrected chi connectivity index (χ2v) is 6.01. The van der Waals surface area contributed by atoms with Gasteiger partial charge in [0.25, 0.3) is 0 Å². The first-order valence-corrected chi connectivity index (χ1v) is 8.51. The van der Waals surface area contributed by atoms with Gasteiger partial charge in [-0.1, -0.05) is 54.6 Å². The Balaban J connectivity index is 1.69. The van der Waals surface area contributed by atoms with Crippen LogP contribution in [0.2, 0.25) is 0 Å². The second kappa shape index (κ2) is 7.07. The van der Waals surface area contributed by atoms with E-state index in [-0.39, 0.29) is 0 Å². The summed E-state index contributed by atoms with van der Waals surface area (Å²) >= 11 is 2.08. The molecule has 1 saturated carbocycles. The van der Waals surface area contributed by atoms with Gasteiger partial charge in [0.05, 0.1) is 22.9 Å². The third-order valence-corrected chi connectivity index (χ3v) is 4.49. The van der Waals surface area contributed by atoms with E-state index in [2.05, 4.69) is 86.2 Å². The zero-order valence-electron chi connectivity index (χ0n) is 11.9. The average Bonchev–Trinajstić information content (AvgIpc) is 2.57. The number of nitrogens with one attached hydrogen (secondary N) is 1. The molecule has 1 N–H and O–H groups in total. The summed E-state index contributed by atoms with van der Waals surface area (Å²) in [5, 5.41) is 4.32. The molecule has 21 heavy (non-hydrogen) atoms. The number of halogens is 1. The van der Waals surface area contributed by atoms with Gasteiger partial charge in [0.1, 0.15) is 0 Å². The average molecular weight is 390 g/mol. The molecule has 3 rings (SSSR count). The smallest absolute Gasteiger partial charge is 0.0750 e. The molecule has 0 bridgehead atoms. The molecule has 0 aromatic heterocycles. The summed E-state index contributed by atoms with van der Waals surface area (Å²) in [6, 6.07) is 19.7. The lowest BCUT2D eigenvalue weighted by Crippen LogP contribution is -2.14. The Morgan fingerprint density at radius 1 is 0.857 bits per heavy atom. The van der Waals surface area contributed by atoms with Crippen LogP contribution in [0, 0.1) is 0 Å². The predicted molar refractivity (Wildman–Crippen MR) is 97.7 cm³/mol. The Kier molecular flexibility index (Phi) is 4.91. The van der Waals surface area contributed by atoms with E-state index in [0.717, 1.165) is 12.8 Å². The summed E-state index contributed by atoms with van der Waals surface area (Å²) in [5.74, 6) is 0.683. The molecule has 108 valence electrons. The van der Waals surface area contributed by atoms with Crippen LogP contribution in [-0.4, -0.2) is 5.71 Å². The van der Waals surface area contributed by atoms with Crippen LogP contribution in [0.3, 0.4) is 0 Å². The summed E-state index contributed by atoms with van der Waals surface area (Å²) in [4.78, 5) is 0. The van der Waals surface area contributed by atoms with Gasteiger partial charge in [0, 0.05) is 5.71 Å². The summed E-state index contributed by atoms with van der Waals surface area (Å²) in [6.07, 6.45) is 4.64. The lowest BCUT2D eigenvalue weighted by molar-refractivity contribution is 0.565.